The van der Waals surface area contributed by atoms with Gasteiger partial charge in [-0.2, -0.15) is 0 Å². The molecule has 2 aromatic rings. The first-order valence-electron chi connectivity index (χ1n) is 11.6. The zero-order chi connectivity index (χ0) is 23.9. The molecule has 8 nitrogen and oxygen atoms in total. The molecule has 8 heteroatoms. The molecule has 3 N–H and O–H groups in total. The number of alkyl carbamates (subject to hydrolysis) is 1. The summed E-state index contributed by atoms with van der Waals surface area (Å²) in [5, 5.41) is 14.9. The number of benzene rings is 2. The molecule has 0 radical (unpaired) electrons. The molecule has 178 valence electrons. The lowest BCUT2D eigenvalue weighted by Crippen LogP contribution is -2.51. The summed E-state index contributed by atoms with van der Waals surface area (Å²) < 4.78 is 10.7. The third-order valence-corrected chi connectivity index (χ3v) is 7.47. The fourth-order valence-corrected chi connectivity index (χ4v) is 5.70. The van der Waals surface area contributed by atoms with Gasteiger partial charge in [-0.25, -0.2) is 4.79 Å². The van der Waals surface area contributed by atoms with Crippen LogP contribution in [0.1, 0.15) is 36.3 Å². The highest BCUT2D eigenvalue weighted by Crippen LogP contribution is 2.63. The summed E-state index contributed by atoms with van der Waals surface area (Å²) in [6.07, 6.45) is 1.04. The predicted molar refractivity (Wildman–Crippen MR) is 123 cm³/mol. The van der Waals surface area contributed by atoms with Crippen molar-refractivity contribution in [2.45, 2.75) is 37.3 Å². The van der Waals surface area contributed by atoms with Crippen LogP contribution in [0.4, 0.5) is 4.79 Å². The average Bonchev–Trinajstić information content (AvgIpc) is 3.26. The number of ether oxygens (including phenoxy) is 2. The van der Waals surface area contributed by atoms with Crippen molar-refractivity contribution in [2.75, 3.05) is 20.3 Å². The van der Waals surface area contributed by atoms with E-state index >= 15 is 0 Å². The summed E-state index contributed by atoms with van der Waals surface area (Å²) in [6.45, 7) is 0.128. The van der Waals surface area contributed by atoms with Gasteiger partial charge < -0.3 is 25.2 Å². The van der Waals surface area contributed by atoms with Crippen LogP contribution in [0.15, 0.2) is 48.5 Å². The summed E-state index contributed by atoms with van der Waals surface area (Å²) in [7, 11) is 1.45. The minimum absolute atomic E-state index is 0.0176. The molecule has 1 unspecified atom stereocenters. The van der Waals surface area contributed by atoms with Crippen molar-refractivity contribution in [3.05, 3.63) is 59.7 Å². The fourth-order valence-electron chi connectivity index (χ4n) is 5.70. The molecule has 2 amide bonds. The van der Waals surface area contributed by atoms with E-state index in [9.17, 15) is 19.5 Å². The molecule has 0 aromatic heterocycles. The second kappa shape index (κ2) is 8.76. The molecule has 0 aliphatic heterocycles. The van der Waals surface area contributed by atoms with Crippen molar-refractivity contribution in [1.29, 1.82) is 0 Å². The number of carbonyl (C=O) groups excluding carboxylic acids is 2. The lowest BCUT2D eigenvalue weighted by molar-refractivity contribution is -0.143. The Hall–Kier alpha value is -3.39. The number of aliphatic carboxylic acids is 1. The van der Waals surface area contributed by atoms with Gasteiger partial charge in [0.15, 0.2) is 0 Å². The van der Waals surface area contributed by atoms with Crippen molar-refractivity contribution >= 4 is 18.0 Å². The molecule has 0 heterocycles. The third kappa shape index (κ3) is 3.92. The second-order valence-electron chi connectivity index (χ2n) is 9.49. The molecule has 3 aliphatic carbocycles. The average molecular weight is 465 g/mol. The predicted octanol–water partition coefficient (Wildman–Crippen LogP) is 2.91. The van der Waals surface area contributed by atoms with Crippen LogP contribution in [-0.4, -0.2) is 55.5 Å². The Kier molecular flexibility index (Phi) is 5.77. The van der Waals surface area contributed by atoms with Crippen LogP contribution < -0.4 is 10.6 Å². The standard InChI is InChI=1S/C26H28N2O6/c1-33-14-22(23(29)27-16-10-15-11-26(15,12-16)24(30)31)28-25(32)34-13-21-19-8-4-2-6-17(19)18-7-3-5-9-20(18)21/h2-9,15-16,21-22H,10-14H2,1H3,(H,27,29)(H,28,32)(H,30,31)/t15-,16+,22?,26+/m0/s1. The van der Waals surface area contributed by atoms with E-state index in [2.05, 4.69) is 22.8 Å². The van der Waals surface area contributed by atoms with Crippen molar-refractivity contribution in [2.24, 2.45) is 11.3 Å². The van der Waals surface area contributed by atoms with Gasteiger partial charge in [-0.15, -0.1) is 0 Å². The number of amides is 2. The summed E-state index contributed by atoms with van der Waals surface area (Å²) >= 11 is 0. The maximum absolute atomic E-state index is 12.8. The van der Waals surface area contributed by atoms with Crippen LogP contribution >= 0.6 is 0 Å². The maximum atomic E-state index is 12.8. The number of methoxy groups -OCH3 is 1. The fraction of sp³-hybridized carbons (Fsp3) is 0.423. The molecule has 0 bridgehead atoms. The quantitative estimate of drug-likeness (QED) is 0.554. The number of nitrogens with one attached hydrogen (secondary N) is 2. The largest absolute Gasteiger partial charge is 0.481 e. The van der Waals surface area contributed by atoms with Gasteiger partial charge in [-0.1, -0.05) is 48.5 Å². The van der Waals surface area contributed by atoms with E-state index in [0.29, 0.717) is 19.3 Å². The number of carboxylic acids is 1. The third-order valence-electron chi connectivity index (χ3n) is 7.47. The number of hydrogen-bond acceptors (Lipinski definition) is 5. The normalized spacial score (nSPS) is 25.0. The SMILES string of the molecule is COCC(NC(=O)OCC1c2ccccc2-c2ccccc21)C(=O)N[C@@H]1C[C@H]2C[C@@]2(C(=O)O)C1. The Morgan fingerprint density at radius 2 is 1.71 bits per heavy atom. The van der Waals surface area contributed by atoms with E-state index < -0.39 is 29.4 Å². The lowest BCUT2D eigenvalue weighted by atomic mass is 9.98. The first kappa shape index (κ1) is 22.4. The maximum Gasteiger partial charge on any atom is 0.407 e. The van der Waals surface area contributed by atoms with Crippen LogP contribution in [-0.2, 0) is 19.1 Å². The summed E-state index contributed by atoms with van der Waals surface area (Å²) in [5.74, 6) is -1.15. The molecule has 0 spiro atoms. The Bertz CT molecular complexity index is 1090. The number of carbonyl (C=O) groups is 3. The van der Waals surface area contributed by atoms with Crippen molar-refractivity contribution in [1.82, 2.24) is 10.6 Å². The highest BCUT2D eigenvalue weighted by Gasteiger charge is 2.65. The number of fused-ring (bicyclic) bond motifs is 4. The molecule has 4 atom stereocenters. The molecule has 2 saturated carbocycles. The molecular weight excluding hydrogens is 436 g/mol. The summed E-state index contributed by atoms with van der Waals surface area (Å²) in [5.41, 5.74) is 3.80. The topological polar surface area (TPSA) is 114 Å². The lowest BCUT2D eigenvalue weighted by Gasteiger charge is -2.22. The first-order valence-corrected chi connectivity index (χ1v) is 11.6. The number of hydrogen-bond donors (Lipinski definition) is 3. The second-order valence-corrected chi connectivity index (χ2v) is 9.49. The van der Waals surface area contributed by atoms with Crippen molar-refractivity contribution in [3.8, 4) is 11.1 Å². The molecule has 2 aromatic carbocycles. The summed E-state index contributed by atoms with van der Waals surface area (Å²) in [4.78, 5) is 36.9. The van der Waals surface area contributed by atoms with E-state index in [1.165, 1.54) is 7.11 Å². The first-order chi connectivity index (χ1) is 16.4. The van der Waals surface area contributed by atoms with Gasteiger partial charge in [0.1, 0.15) is 12.6 Å². The van der Waals surface area contributed by atoms with Crippen LogP contribution in [0.2, 0.25) is 0 Å². The van der Waals surface area contributed by atoms with Gasteiger partial charge in [0, 0.05) is 19.1 Å². The molecule has 2 fully saturated rings. The van der Waals surface area contributed by atoms with Crippen molar-refractivity contribution in [3.63, 3.8) is 0 Å². The molecule has 34 heavy (non-hydrogen) atoms. The van der Waals surface area contributed by atoms with Gasteiger partial charge in [0.25, 0.3) is 0 Å². The van der Waals surface area contributed by atoms with Crippen LogP contribution in [0.3, 0.4) is 0 Å². The Morgan fingerprint density at radius 3 is 2.29 bits per heavy atom. The van der Waals surface area contributed by atoms with Crippen molar-refractivity contribution < 1.29 is 29.0 Å². The minimum atomic E-state index is -0.932. The monoisotopic (exact) mass is 464 g/mol. The molecule has 5 rings (SSSR count). The molecular formula is C26H28N2O6. The molecule has 0 saturated heterocycles. The van der Waals surface area contributed by atoms with E-state index in [1.807, 2.05) is 36.4 Å². The van der Waals surface area contributed by atoms with Crippen LogP contribution in [0.25, 0.3) is 11.1 Å². The number of carboxylic acid groups (broad SMARTS) is 1. The zero-order valence-electron chi connectivity index (χ0n) is 19.0. The highest BCUT2D eigenvalue weighted by atomic mass is 16.5. The van der Waals surface area contributed by atoms with Crippen LogP contribution in [0.5, 0.6) is 0 Å². The zero-order valence-corrected chi connectivity index (χ0v) is 19.0. The van der Waals surface area contributed by atoms with Crippen LogP contribution in [0, 0.1) is 11.3 Å². The number of rotatable bonds is 8. The Morgan fingerprint density at radius 1 is 1.06 bits per heavy atom. The highest BCUT2D eigenvalue weighted by molar-refractivity contribution is 5.86. The smallest absolute Gasteiger partial charge is 0.407 e. The van der Waals surface area contributed by atoms with Gasteiger partial charge in [-0.05, 0) is 47.4 Å². The van der Waals surface area contributed by atoms with Gasteiger partial charge in [0.05, 0.1) is 12.0 Å². The molecule has 3 aliphatic rings. The van der Waals surface area contributed by atoms with Gasteiger partial charge >= 0.3 is 12.1 Å². The van der Waals surface area contributed by atoms with E-state index in [4.69, 9.17) is 9.47 Å². The van der Waals surface area contributed by atoms with Gasteiger partial charge in [0.2, 0.25) is 5.91 Å². The van der Waals surface area contributed by atoms with E-state index in [-0.39, 0.29) is 31.1 Å². The van der Waals surface area contributed by atoms with Gasteiger partial charge in [-0.3, -0.25) is 9.59 Å². The Balaban J connectivity index is 1.19. The minimum Gasteiger partial charge on any atom is -0.481 e. The summed E-state index contributed by atoms with van der Waals surface area (Å²) in [6, 6.07) is 15.0. The van der Waals surface area contributed by atoms with E-state index in [0.717, 1.165) is 22.3 Å². The Labute approximate surface area is 197 Å². The van der Waals surface area contributed by atoms with E-state index in [1.54, 1.807) is 0 Å².